The van der Waals surface area contributed by atoms with Crippen LogP contribution in [-0.4, -0.2) is 13.7 Å². The van der Waals surface area contributed by atoms with Crippen molar-refractivity contribution >= 4 is 61.5 Å². The molecule has 1 N–H and O–H groups in total. The molecule has 1 unspecified atom stereocenters. The van der Waals surface area contributed by atoms with Crippen LogP contribution in [0.5, 0.6) is 5.75 Å². The predicted octanol–water partition coefficient (Wildman–Crippen LogP) is 10.4. The van der Waals surface area contributed by atoms with E-state index in [1.165, 1.54) is 43.4 Å². The number of benzene rings is 7. The van der Waals surface area contributed by atoms with Crippen molar-refractivity contribution in [3.8, 4) is 5.75 Å². The van der Waals surface area contributed by atoms with E-state index in [2.05, 4.69) is 150 Å². The van der Waals surface area contributed by atoms with Gasteiger partial charge in [-0.05, 0) is 98.2 Å². The van der Waals surface area contributed by atoms with Gasteiger partial charge in [0.1, 0.15) is 5.75 Å². The lowest BCUT2D eigenvalue weighted by Gasteiger charge is -2.27. The van der Waals surface area contributed by atoms with Crippen LogP contribution in [0, 0.1) is 0 Å². The molecule has 0 radical (unpaired) electrons. The minimum Gasteiger partial charge on any atom is -0.497 e. The Kier molecular flexibility index (Phi) is 6.59. The number of hydrogen-bond donors (Lipinski definition) is 1. The number of anilines is 3. The Morgan fingerprint density at radius 1 is 0.591 bits per heavy atom. The zero-order chi connectivity index (χ0) is 29.5. The Morgan fingerprint density at radius 3 is 1.95 bits per heavy atom. The fraction of sp³-hybridized carbons (Fsp3) is 0.0732. The molecule has 8 rings (SSSR count). The van der Waals surface area contributed by atoms with Crippen LogP contribution in [0.3, 0.4) is 0 Å². The van der Waals surface area contributed by atoms with Crippen LogP contribution in [0.2, 0.25) is 0 Å². The molecule has 1 atom stereocenters. The molecule has 212 valence electrons. The van der Waals surface area contributed by atoms with Gasteiger partial charge in [-0.25, -0.2) is 0 Å². The molecule has 3 nitrogen and oxygen atoms in total. The third-order valence-corrected chi connectivity index (χ3v) is 8.64. The minimum absolute atomic E-state index is 0.454. The first-order valence-corrected chi connectivity index (χ1v) is 15.1. The standard InChI is InChI=1S/C41H32N2O/c1-44-35-22-20-34(21-23-35)43(40-12-6-9-30-7-2-4-10-36(30)40)33-18-15-28(16-19-33)13-14-29-17-24-38-32(25-29)26-31-8-3-5-11-37(31)41(38)39-27-42-39/h2-26,39,42H,27H2,1H3/b14-13-. The zero-order valence-electron chi connectivity index (χ0n) is 24.6. The first kappa shape index (κ1) is 26.3. The maximum Gasteiger partial charge on any atom is 0.119 e. The molecule has 0 aliphatic carbocycles. The average molecular weight is 569 g/mol. The Morgan fingerprint density at radius 2 is 1.20 bits per heavy atom. The molecule has 0 bridgehead atoms. The molecule has 0 spiro atoms. The van der Waals surface area contributed by atoms with Gasteiger partial charge in [-0.3, -0.25) is 0 Å². The summed E-state index contributed by atoms with van der Waals surface area (Å²) in [6, 6.07) is 50.4. The van der Waals surface area contributed by atoms with Crippen LogP contribution in [-0.2, 0) is 0 Å². The maximum absolute atomic E-state index is 5.44. The summed E-state index contributed by atoms with van der Waals surface area (Å²) in [4.78, 5) is 2.31. The van der Waals surface area contributed by atoms with Gasteiger partial charge in [-0.1, -0.05) is 97.1 Å². The van der Waals surface area contributed by atoms with E-state index >= 15 is 0 Å². The number of ether oxygens (including phenoxy) is 1. The smallest absolute Gasteiger partial charge is 0.119 e. The molecule has 7 aromatic rings. The van der Waals surface area contributed by atoms with E-state index in [1.54, 1.807) is 7.11 Å². The van der Waals surface area contributed by atoms with Gasteiger partial charge in [0.25, 0.3) is 0 Å². The highest BCUT2D eigenvalue weighted by molar-refractivity contribution is 6.04. The second-order valence-corrected chi connectivity index (χ2v) is 11.4. The number of methoxy groups -OCH3 is 1. The number of rotatable bonds is 7. The van der Waals surface area contributed by atoms with E-state index in [-0.39, 0.29) is 0 Å². The molecule has 1 fully saturated rings. The van der Waals surface area contributed by atoms with Crippen molar-refractivity contribution in [3.63, 3.8) is 0 Å². The van der Waals surface area contributed by atoms with E-state index < -0.39 is 0 Å². The highest BCUT2D eigenvalue weighted by Gasteiger charge is 2.26. The second kappa shape index (κ2) is 11.0. The van der Waals surface area contributed by atoms with Crippen molar-refractivity contribution in [3.05, 3.63) is 156 Å². The van der Waals surface area contributed by atoms with Crippen molar-refractivity contribution in [2.24, 2.45) is 0 Å². The molecule has 0 aromatic heterocycles. The average Bonchev–Trinajstić information content (AvgIpc) is 3.93. The molecular weight excluding hydrogens is 536 g/mol. The van der Waals surface area contributed by atoms with Gasteiger partial charge in [0.05, 0.1) is 12.8 Å². The maximum atomic E-state index is 5.44. The monoisotopic (exact) mass is 568 g/mol. The molecular formula is C41H32N2O. The summed E-state index contributed by atoms with van der Waals surface area (Å²) in [6.45, 7) is 1.05. The van der Waals surface area contributed by atoms with Crippen molar-refractivity contribution < 1.29 is 4.74 Å². The summed E-state index contributed by atoms with van der Waals surface area (Å²) >= 11 is 0. The van der Waals surface area contributed by atoms with Gasteiger partial charge in [0, 0.05) is 29.3 Å². The van der Waals surface area contributed by atoms with Gasteiger partial charge in [0.15, 0.2) is 0 Å². The SMILES string of the molecule is COc1ccc(N(c2ccc(/C=C\c3ccc4c(C5CN5)c5ccccc5cc4c3)cc2)c2cccc3ccccc23)cc1. The molecule has 7 aromatic carbocycles. The summed E-state index contributed by atoms with van der Waals surface area (Å²) in [6.07, 6.45) is 4.41. The lowest BCUT2D eigenvalue weighted by Crippen LogP contribution is -2.10. The number of nitrogens with one attached hydrogen (secondary N) is 1. The minimum atomic E-state index is 0.454. The number of hydrogen-bond acceptors (Lipinski definition) is 3. The number of nitrogens with zero attached hydrogens (tertiary/aromatic N) is 1. The largest absolute Gasteiger partial charge is 0.497 e. The second-order valence-electron chi connectivity index (χ2n) is 11.4. The predicted molar refractivity (Wildman–Crippen MR) is 186 cm³/mol. The third kappa shape index (κ3) is 4.88. The van der Waals surface area contributed by atoms with Crippen LogP contribution in [0.4, 0.5) is 17.1 Å². The summed E-state index contributed by atoms with van der Waals surface area (Å²) < 4.78 is 5.44. The summed E-state index contributed by atoms with van der Waals surface area (Å²) in [7, 11) is 1.70. The van der Waals surface area contributed by atoms with Crippen molar-refractivity contribution in [2.75, 3.05) is 18.6 Å². The van der Waals surface area contributed by atoms with Gasteiger partial charge >= 0.3 is 0 Å². The summed E-state index contributed by atoms with van der Waals surface area (Å²) in [5.41, 5.74) is 7.10. The molecule has 1 saturated heterocycles. The van der Waals surface area contributed by atoms with Crippen LogP contribution < -0.4 is 15.0 Å². The van der Waals surface area contributed by atoms with E-state index in [0.717, 1.165) is 34.9 Å². The van der Waals surface area contributed by atoms with Crippen molar-refractivity contribution in [1.82, 2.24) is 5.32 Å². The van der Waals surface area contributed by atoms with Gasteiger partial charge in [-0.2, -0.15) is 0 Å². The Hall–Kier alpha value is -5.38. The van der Waals surface area contributed by atoms with Gasteiger partial charge < -0.3 is 15.0 Å². The Labute approximate surface area is 257 Å². The summed E-state index contributed by atoms with van der Waals surface area (Å²) in [5, 5.41) is 11.2. The van der Waals surface area contributed by atoms with Gasteiger partial charge in [-0.15, -0.1) is 0 Å². The highest BCUT2D eigenvalue weighted by atomic mass is 16.5. The lowest BCUT2D eigenvalue weighted by molar-refractivity contribution is 0.415. The highest BCUT2D eigenvalue weighted by Crippen LogP contribution is 2.40. The molecule has 1 aliphatic heterocycles. The molecule has 0 saturated carbocycles. The topological polar surface area (TPSA) is 34.4 Å². The van der Waals surface area contributed by atoms with Crippen molar-refractivity contribution in [1.29, 1.82) is 0 Å². The van der Waals surface area contributed by atoms with E-state index in [9.17, 15) is 0 Å². The fourth-order valence-electron chi connectivity index (χ4n) is 6.36. The fourth-order valence-corrected chi connectivity index (χ4v) is 6.36. The molecule has 1 aliphatic rings. The van der Waals surface area contributed by atoms with E-state index in [4.69, 9.17) is 4.74 Å². The van der Waals surface area contributed by atoms with Crippen LogP contribution in [0.1, 0.15) is 22.7 Å². The van der Waals surface area contributed by atoms with Crippen LogP contribution >= 0.6 is 0 Å². The summed E-state index contributed by atoms with van der Waals surface area (Å²) in [5.74, 6) is 0.842. The third-order valence-electron chi connectivity index (χ3n) is 8.64. The van der Waals surface area contributed by atoms with E-state index in [0.29, 0.717) is 6.04 Å². The van der Waals surface area contributed by atoms with Crippen molar-refractivity contribution in [2.45, 2.75) is 6.04 Å². The van der Waals surface area contributed by atoms with Gasteiger partial charge in [0.2, 0.25) is 0 Å². The normalized spacial score (nSPS) is 14.4. The van der Waals surface area contributed by atoms with E-state index in [1.807, 2.05) is 12.1 Å². The Bertz CT molecular complexity index is 2150. The van der Waals surface area contributed by atoms with Crippen LogP contribution in [0.25, 0.3) is 44.5 Å². The first-order valence-electron chi connectivity index (χ1n) is 15.1. The molecule has 44 heavy (non-hydrogen) atoms. The first-order chi connectivity index (χ1) is 21.7. The molecule has 0 amide bonds. The zero-order valence-corrected chi connectivity index (χ0v) is 24.6. The Balaban J connectivity index is 1.13. The van der Waals surface area contributed by atoms with Crippen LogP contribution in [0.15, 0.2) is 140 Å². The number of fused-ring (bicyclic) bond motifs is 3. The molecule has 1 heterocycles. The quantitative estimate of drug-likeness (QED) is 0.118. The lowest BCUT2D eigenvalue weighted by atomic mass is 9.93. The molecule has 3 heteroatoms.